The summed E-state index contributed by atoms with van der Waals surface area (Å²) in [6.45, 7) is 3.74. The highest BCUT2D eigenvalue weighted by atomic mass is 19.1. The third-order valence-electron chi connectivity index (χ3n) is 5.83. The molecule has 26 heavy (non-hydrogen) atoms. The number of likely N-dealkylation sites (tertiary alicyclic amines) is 2. The molecule has 2 aliphatic heterocycles. The van der Waals surface area contributed by atoms with Crippen LogP contribution in [0.25, 0.3) is 0 Å². The quantitative estimate of drug-likeness (QED) is 0.768. The topological polar surface area (TPSA) is 49.9 Å². The fourth-order valence-electron chi connectivity index (χ4n) is 4.47. The summed E-state index contributed by atoms with van der Waals surface area (Å²) in [4.78, 5) is 28.4. The molecule has 2 heterocycles. The predicted molar refractivity (Wildman–Crippen MR) is 91.1 cm³/mol. The summed E-state index contributed by atoms with van der Waals surface area (Å²) in [6, 6.07) is 3.86. The van der Waals surface area contributed by atoms with Crippen LogP contribution in [0.3, 0.4) is 0 Å². The number of piperidine rings is 1. The maximum absolute atomic E-state index is 13.9. The Morgan fingerprint density at radius 2 is 1.88 bits per heavy atom. The number of carbonyl (C=O) groups excluding carboxylic acids is 2. The van der Waals surface area contributed by atoms with Crippen LogP contribution in [0, 0.1) is 17.6 Å². The number of hydrogen-bond donors (Lipinski definition) is 0. The number of benzene rings is 1. The zero-order chi connectivity index (χ0) is 18.9. The number of rotatable bonds is 4. The SMILES string of the molecule is CCN1C(=O)CC(C(=O)OC)C12CCN(Cc1c(F)cccc1F)CC2. The average molecular weight is 366 g/mol. The number of methoxy groups -OCH3 is 1. The van der Waals surface area contributed by atoms with Crippen molar-refractivity contribution in [2.45, 2.75) is 38.3 Å². The fraction of sp³-hybridized carbons (Fsp3) is 0.579. The number of esters is 1. The maximum Gasteiger partial charge on any atom is 0.311 e. The summed E-state index contributed by atoms with van der Waals surface area (Å²) >= 11 is 0. The molecule has 7 heteroatoms. The van der Waals surface area contributed by atoms with E-state index in [1.807, 2.05) is 11.8 Å². The van der Waals surface area contributed by atoms with E-state index in [2.05, 4.69) is 0 Å². The van der Waals surface area contributed by atoms with Gasteiger partial charge >= 0.3 is 5.97 Å². The fourth-order valence-corrected chi connectivity index (χ4v) is 4.47. The molecule has 1 unspecified atom stereocenters. The highest BCUT2D eigenvalue weighted by Gasteiger charge is 2.56. The van der Waals surface area contributed by atoms with Crippen LogP contribution in [-0.4, -0.2) is 54.0 Å². The van der Waals surface area contributed by atoms with Crippen LogP contribution in [0.2, 0.25) is 0 Å². The molecular formula is C19H24F2N2O3. The van der Waals surface area contributed by atoms with Crippen molar-refractivity contribution >= 4 is 11.9 Å². The van der Waals surface area contributed by atoms with Crippen LogP contribution in [0.15, 0.2) is 18.2 Å². The molecule has 5 nitrogen and oxygen atoms in total. The summed E-state index contributed by atoms with van der Waals surface area (Å²) in [5.41, 5.74) is -0.494. The van der Waals surface area contributed by atoms with Gasteiger partial charge in [0, 0.05) is 38.2 Å². The van der Waals surface area contributed by atoms with E-state index in [9.17, 15) is 18.4 Å². The molecule has 0 aromatic heterocycles. The third kappa shape index (κ3) is 3.09. The minimum atomic E-state index is -0.552. The zero-order valence-electron chi connectivity index (χ0n) is 15.1. The van der Waals surface area contributed by atoms with E-state index in [0.29, 0.717) is 32.5 Å². The molecule has 142 valence electrons. The Hall–Kier alpha value is -2.02. The molecule has 0 aliphatic carbocycles. The van der Waals surface area contributed by atoms with Crippen LogP contribution >= 0.6 is 0 Å². The minimum Gasteiger partial charge on any atom is -0.469 e. The van der Waals surface area contributed by atoms with Gasteiger partial charge in [-0.05, 0) is 31.9 Å². The number of ether oxygens (including phenoxy) is 1. The lowest BCUT2D eigenvalue weighted by Crippen LogP contribution is -2.57. The van der Waals surface area contributed by atoms with Crippen molar-refractivity contribution in [1.29, 1.82) is 0 Å². The molecule has 1 atom stereocenters. The predicted octanol–water partition coefficient (Wildman–Crippen LogP) is 2.34. The number of nitrogens with zero attached hydrogens (tertiary/aromatic N) is 2. The van der Waals surface area contributed by atoms with E-state index in [-0.39, 0.29) is 30.4 Å². The van der Waals surface area contributed by atoms with E-state index in [4.69, 9.17) is 4.74 Å². The summed E-state index contributed by atoms with van der Waals surface area (Å²) in [7, 11) is 1.34. The second-order valence-electron chi connectivity index (χ2n) is 7.00. The Kier molecular flexibility index (Phi) is 5.27. The van der Waals surface area contributed by atoms with E-state index in [1.165, 1.54) is 25.3 Å². The second-order valence-corrected chi connectivity index (χ2v) is 7.00. The lowest BCUT2D eigenvalue weighted by Gasteiger charge is -2.46. The molecule has 2 saturated heterocycles. The molecule has 1 spiro atoms. The summed E-state index contributed by atoms with van der Waals surface area (Å²) < 4.78 is 32.7. The molecule has 0 saturated carbocycles. The van der Waals surface area contributed by atoms with Gasteiger partial charge in [-0.1, -0.05) is 6.07 Å². The minimum absolute atomic E-state index is 0.0310. The summed E-state index contributed by atoms with van der Waals surface area (Å²) in [6.07, 6.45) is 1.34. The molecule has 1 aromatic carbocycles. The Labute approximate surface area is 151 Å². The maximum atomic E-state index is 13.9. The van der Waals surface area contributed by atoms with Gasteiger partial charge in [0.1, 0.15) is 11.6 Å². The van der Waals surface area contributed by atoms with Crippen LogP contribution < -0.4 is 0 Å². The number of halogens is 2. The largest absolute Gasteiger partial charge is 0.469 e. The first-order valence-electron chi connectivity index (χ1n) is 8.96. The lowest BCUT2D eigenvalue weighted by molar-refractivity contribution is -0.150. The highest BCUT2D eigenvalue weighted by molar-refractivity contribution is 5.89. The molecule has 1 amide bonds. The van der Waals surface area contributed by atoms with Crippen LogP contribution in [0.5, 0.6) is 0 Å². The van der Waals surface area contributed by atoms with E-state index in [0.717, 1.165) is 0 Å². The van der Waals surface area contributed by atoms with Crippen molar-refractivity contribution in [3.05, 3.63) is 35.4 Å². The molecule has 2 fully saturated rings. The van der Waals surface area contributed by atoms with Gasteiger partial charge in [0.2, 0.25) is 5.91 Å². The summed E-state index contributed by atoms with van der Waals surface area (Å²) in [5.74, 6) is -1.97. The Balaban J connectivity index is 1.76. The summed E-state index contributed by atoms with van der Waals surface area (Å²) in [5, 5.41) is 0. The first-order chi connectivity index (χ1) is 12.4. The van der Waals surface area contributed by atoms with Gasteiger partial charge in [0.05, 0.1) is 18.6 Å². The van der Waals surface area contributed by atoms with E-state index < -0.39 is 23.1 Å². The van der Waals surface area contributed by atoms with Crippen molar-refractivity contribution in [2.75, 3.05) is 26.7 Å². The van der Waals surface area contributed by atoms with Gasteiger partial charge in [-0.3, -0.25) is 14.5 Å². The van der Waals surface area contributed by atoms with E-state index >= 15 is 0 Å². The molecule has 3 rings (SSSR count). The molecule has 1 aromatic rings. The van der Waals surface area contributed by atoms with Gasteiger partial charge in [-0.2, -0.15) is 0 Å². The van der Waals surface area contributed by atoms with Crippen molar-refractivity contribution in [3.8, 4) is 0 Å². The smallest absolute Gasteiger partial charge is 0.311 e. The molecule has 0 N–H and O–H groups in total. The first-order valence-corrected chi connectivity index (χ1v) is 8.96. The molecular weight excluding hydrogens is 342 g/mol. The van der Waals surface area contributed by atoms with E-state index in [1.54, 1.807) is 4.90 Å². The molecule has 2 aliphatic rings. The average Bonchev–Trinajstić information content (AvgIpc) is 2.90. The molecule has 0 radical (unpaired) electrons. The van der Waals surface area contributed by atoms with Crippen LogP contribution in [-0.2, 0) is 20.9 Å². The number of amides is 1. The normalized spacial score (nSPS) is 22.8. The van der Waals surface area contributed by atoms with Crippen molar-refractivity contribution in [1.82, 2.24) is 9.80 Å². The van der Waals surface area contributed by atoms with Gasteiger partial charge in [0.25, 0.3) is 0 Å². The Morgan fingerprint density at radius 1 is 1.27 bits per heavy atom. The lowest BCUT2D eigenvalue weighted by atomic mass is 9.76. The van der Waals surface area contributed by atoms with Gasteiger partial charge in [-0.15, -0.1) is 0 Å². The third-order valence-corrected chi connectivity index (χ3v) is 5.83. The Bertz CT molecular complexity index is 680. The number of hydrogen-bond acceptors (Lipinski definition) is 4. The monoisotopic (exact) mass is 366 g/mol. The second kappa shape index (κ2) is 7.31. The van der Waals surface area contributed by atoms with Crippen molar-refractivity contribution in [2.24, 2.45) is 5.92 Å². The first kappa shape index (κ1) is 18.8. The van der Waals surface area contributed by atoms with Crippen LogP contribution in [0.4, 0.5) is 8.78 Å². The zero-order valence-corrected chi connectivity index (χ0v) is 15.1. The number of carbonyl (C=O) groups is 2. The van der Waals surface area contributed by atoms with Gasteiger partial charge in [0.15, 0.2) is 0 Å². The van der Waals surface area contributed by atoms with Crippen LogP contribution in [0.1, 0.15) is 31.7 Å². The highest BCUT2D eigenvalue weighted by Crippen LogP contribution is 2.44. The van der Waals surface area contributed by atoms with Crippen molar-refractivity contribution in [3.63, 3.8) is 0 Å². The standard InChI is InChI=1S/C19H24F2N2O3/c1-3-23-17(24)11-14(18(25)26-2)19(23)7-9-22(10-8-19)12-13-15(20)5-4-6-16(13)21/h4-6,14H,3,7-12H2,1-2H3. The van der Waals surface area contributed by atoms with Gasteiger partial charge < -0.3 is 9.64 Å². The van der Waals surface area contributed by atoms with Gasteiger partial charge in [-0.25, -0.2) is 8.78 Å². The Morgan fingerprint density at radius 3 is 2.42 bits per heavy atom. The molecule has 0 bridgehead atoms. The van der Waals surface area contributed by atoms with Crippen molar-refractivity contribution < 1.29 is 23.1 Å².